The molecule has 1 aliphatic rings. The fourth-order valence-electron chi connectivity index (χ4n) is 1.58. The fraction of sp³-hybridized carbons (Fsp3) is 0.333. The van der Waals surface area contributed by atoms with Crippen LogP contribution in [-0.2, 0) is 14.3 Å². The van der Waals surface area contributed by atoms with Crippen LogP contribution < -0.4 is 0 Å². The number of amides is 2. The van der Waals surface area contributed by atoms with E-state index in [4.69, 9.17) is 14.3 Å². The Balaban J connectivity index is 1.93. The van der Waals surface area contributed by atoms with Crippen molar-refractivity contribution in [2.24, 2.45) is 0 Å². The number of ether oxygens (including phenoxy) is 2. The van der Waals surface area contributed by atoms with Crippen LogP contribution in [0.4, 0.5) is 0 Å². The van der Waals surface area contributed by atoms with E-state index < -0.39 is 11.8 Å². The standard InChI is InChI=1S/C12H13NO5/c1-16-6-7-17-8-18-13-11(14)9-4-2-3-5-10(9)12(13)15/h2-5H,6-8H2,1H3. The highest BCUT2D eigenvalue weighted by molar-refractivity contribution is 6.20. The molecule has 1 aromatic rings. The molecule has 2 rings (SSSR count). The molecule has 1 aromatic carbocycles. The van der Waals surface area contributed by atoms with Crippen LogP contribution in [0.3, 0.4) is 0 Å². The summed E-state index contributed by atoms with van der Waals surface area (Å²) in [6.45, 7) is 0.583. The van der Waals surface area contributed by atoms with Crippen molar-refractivity contribution in [3.63, 3.8) is 0 Å². The summed E-state index contributed by atoms with van der Waals surface area (Å²) in [6, 6.07) is 6.57. The second-order valence-electron chi connectivity index (χ2n) is 3.60. The van der Waals surface area contributed by atoms with Crippen LogP contribution in [0, 0.1) is 0 Å². The first-order valence-corrected chi connectivity index (χ1v) is 5.43. The molecule has 96 valence electrons. The minimum absolute atomic E-state index is 0.172. The van der Waals surface area contributed by atoms with Gasteiger partial charge in [-0.05, 0) is 12.1 Å². The van der Waals surface area contributed by atoms with Crippen LogP contribution in [-0.4, -0.2) is 44.0 Å². The first-order chi connectivity index (χ1) is 8.75. The molecule has 0 radical (unpaired) electrons. The highest BCUT2D eigenvalue weighted by Crippen LogP contribution is 2.22. The number of fused-ring (bicyclic) bond motifs is 1. The molecule has 0 saturated carbocycles. The predicted molar refractivity (Wildman–Crippen MR) is 60.7 cm³/mol. The lowest BCUT2D eigenvalue weighted by Gasteiger charge is -2.13. The molecule has 0 fully saturated rings. The number of imide groups is 1. The van der Waals surface area contributed by atoms with Crippen LogP contribution in [0.2, 0.25) is 0 Å². The Bertz CT molecular complexity index is 425. The van der Waals surface area contributed by atoms with Gasteiger partial charge in [-0.3, -0.25) is 9.59 Å². The van der Waals surface area contributed by atoms with Crippen LogP contribution in [0.1, 0.15) is 20.7 Å². The monoisotopic (exact) mass is 251 g/mol. The molecule has 2 amide bonds. The van der Waals surface area contributed by atoms with Gasteiger partial charge in [0.05, 0.1) is 24.3 Å². The van der Waals surface area contributed by atoms with Crippen LogP contribution >= 0.6 is 0 Å². The maximum atomic E-state index is 11.8. The number of carbonyl (C=O) groups excluding carboxylic acids is 2. The van der Waals surface area contributed by atoms with E-state index in [0.717, 1.165) is 5.06 Å². The molecule has 18 heavy (non-hydrogen) atoms. The van der Waals surface area contributed by atoms with Gasteiger partial charge in [0.15, 0.2) is 6.79 Å². The molecule has 0 N–H and O–H groups in total. The van der Waals surface area contributed by atoms with Gasteiger partial charge in [-0.2, -0.15) is 0 Å². The zero-order chi connectivity index (χ0) is 13.0. The first-order valence-electron chi connectivity index (χ1n) is 5.43. The van der Waals surface area contributed by atoms with Crippen molar-refractivity contribution >= 4 is 11.8 Å². The minimum Gasteiger partial charge on any atom is -0.382 e. The van der Waals surface area contributed by atoms with Gasteiger partial charge in [0.1, 0.15) is 0 Å². The summed E-state index contributed by atoms with van der Waals surface area (Å²) in [5.41, 5.74) is 0.693. The van der Waals surface area contributed by atoms with Crippen LogP contribution in [0.5, 0.6) is 0 Å². The number of nitrogens with zero attached hydrogens (tertiary/aromatic N) is 1. The van der Waals surface area contributed by atoms with Crippen LogP contribution in [0.25, 0.3) is 0 Å². The quantitative estimate of drug-likeness (QED) is 0.426. The summed E-state index contributed by atoms with van der Waals surface area (Å²) in [6.07, 6.45) is 0. The van der Waals surface area contributed by atoms with Gasteiger partial charge in [-0.25, -0.2) is 4.84 Å². The molecule has 0 aromatic heterocycles. The Morgan fingerprint density at radius 1 is 1.06 bits per heavy atom. The van der Waals surface area contributed by atoms with Gasteiger partial charge in [-0.1, -0.05) is 12.1 Å². The second kappa shape index (κ2) is 5.72. The molecule has 0 atom stereocenters. The van der Waals surface area contributed by atoms with Crippen molar-refractivity contribution in [3.8, 4) is 0 Å². The van der Waals surface area contributed by atoms with Gasteiger partial charge in [0.2, 0.25) is 0 Å². The van der Waals surface area contributed by atoms with Gasteiger partial charge in [0, 0.05) is 7.11 Å². The van der Waals surface area contributed by atoms with Crippen molar-refractivity contribution in [2.45, 2.75) is 0 Å². The molecule has 6 nitrogen and oxygen atoms in total. The van der Waals surface area contributed by atoms with Gasteiger partial charge in [-0.15, -0.1) is 5.06 Å². The number of methoxy groups -OCH3 is 1. The van der Waals surface area contributed by atoms with E-state index >= 15 is 0 Å². The maximum Gasteiger partial charge on any atom is 0.285 e. The molecule has 0 saturated heterocycles. The van der Waals surface area contributed by atoms with Gasteiger partial charge < -0.3 is 9.47 Å². The van der Waals surface area contributed by atoms with Crippen molar-refractivity contribution in [1.29, 1.82) is 0 Å². The van der Waals surface area contributed by atoms with E-state index in [1.165, 1.54) is 0 Å². The van der Waals surface area contributed by atoms with Crippen molar-refractivity contribution in [1.82, 2.24) is 5.06 Å². The molecule has 1 heterocycles. The third-order valence-corrected chi connectivity index (χ3v) is 2.45. The smallest absolute Gasteiger partial charge is 0.285 e. The van der Waals surface area contributed by atoms with E-state index in [-0.39, 0.29) is 6.79 Å². The summed E-state index contributed by atoms with van der Waals surface area (Å²) >= 11 is 0. The summed E-state index contributed by atoms with van der Waals surface area (Å²) in [5, 5.41) is 0.720. The molecule has 0 aliphatic carbocycles. The topological polar surface area (TPSA) is 65.1 Å². The molecule has 6 heteroatoms. The average molecular weight is 251 g/mol. The number of rotatable bonds is 6. The second-order valence-corrected chi connectivity index (χ2v) is 3.60. The largest absolute Gasteiger partial charge is 0.382 e. The molecule has 1 aliphatic heterocycles. The number of hydroxylamine groups is 2. The third kappa shape index (κ3) is 2.40. The van der Waals surface area contributed by atoms with E-state index in [0.29, 0.717) is 24.3 Å². The Morgan fingerprint density at radius 3 is 2.22 bits per heavy atom. The molecule has 0 bridgehead atoms. The zero-order valence-corrected chi connectivity index (χ0v) is 9.92. The summed E-state index contributed by atoms with van der Waals surface area (Å²) in [5.74, 6) is -0.933. The van der Waals surface area contributed by atoms with Crippen molar-refractivity contribution < 1.29 is 23.9 Å². The minimum atomic E-state index is -0.467. The molecule has 0 unspecified atom stereocenters. The Hall–Kier alpha value is -1.76. The Kier molecular flexibility index (Phi) is 4.03. The highest BCUT2D eigenvalue weighted by atomic mass is 16.8. The van der Waals surface area contributed by atoms with Crippen molar-refractivity contribution in [2.75, 3.05) is 27.1 Å². The van der Waals surface area contributed by atoms with E-state index in [1.54, 1.807) is 31.4 Å². The fourth-order valence-corrected chi connectivity index (χ4v) is 1.58. The van der Waals surface area contributed by atoms with E-state index in [9.17, 15) is 9.59 Å². The third-order valence-electron chi connectivity index (χ3n) is 2.45. The van der Waals surface area contributed by atoms with Crippen molar-refractivity contribution in [3.05, 3.63) is 35.4 Å². The Morgan fingerprint density at radius 2 is 1.67 bits per heavy atom. The summed E-state index contributed by atoms with van der Waals surface area (Å²) in [4.78, 5) is 28.7. The Labute approximate surface area is 104 Å². The zero-order valence-electron chi connectivity index (χ0n) is 9.92. The SMILES string of the molecule is COCCOCON1C(=O)c2ccccc2C1=O. The van der Waals surface area contributed by atoms with E-state index in [1.807, 2.05) is 0 Å². The first kappa shape index (κ1) is 12.7. The number of benzene rings is 1. The lowest BCUT2D eigenvalue weighted by atomic mass is 10.1. The average Bonchev–Trinajstić information content (AvgIpc) is 2.64. The normalized spacial score (nSPS) is 14.2. The highest BCUT2D eigenvalue weighted by Gasteiger charge is 2.36. The van der Waals surface area contributed by atoms with Gasteiger partial charge >= 0.3 is 0 Å². The molecule has 0 spiro atoms. The van der Waals surface area contributed by atoms with Gasteiger partial charge in [0.25, 0.3) is 11.8 Å². The summed E-state index contributed by atoms with van der Waals surface area (Å²) in [7, 11) is 1.55. The lowest BCUT2D eigenvalue weighted by Crippen LogP contribution is -2.31. The lowest BCUT2D eigenvalue weighted by molar-refractivity contribution is -0.172. The number of hydrogen-bond acceptors (Lipinski definition) is 5. The van der Waals surface area contributed by atoms with Crippen LogP contribution in [0.15, 0.2) is 24.3 Å². The number of hydrogen-bond donors (Lipinski definition) is 0. The summed E-state index contributed by atoms with van der Waals surface area (Å²) < 4.78 is 9.82. The van der Waals surface area contributed by atoms with E-state index in [2.05, 4.69) is 0 Å². The predicted octanol–water partition coefficient (Wildman–Crippen LogP) is 0.835. The number of carbonyl (C=O) groups is 2. The molecular weight excluding hydrogens is 238 g/mol. The maximum absolute atomic E-state index is 11.8. The molecular formula is C12H13NO5.